The Kier molecular flexibility index (Phi) is 3.89. The van der Waals surface area contributed by atoms with Crippen LogP contribution in [0.15, 0.2) is 0 Å². The predicted molar refractivity (Wildman–Crippen MR) is 106 cm³/mol. The zero-order chi connectivity index (χ0) is 21.1. The van der Waals surface area contributed by atoms with E-state index >= 15 is 0 Å². The minimum absolute atomic E-state index is 0.0451. The van der Waals surface area contributed by atoms with Crippen molar-refractivity contribution in [3.05, 3.63) is 0 Å². The molecule has 1 saturated heterocycles. The van der Waals surface area contributed by atoms with E-state index in [1.54, 1.807) is 0 Å². The van der Waals surface area contributed by atoms with Gasteiger partial charge in [0.2, 0.25) is 0 Å². The highest BCUT2D eigenvalue weighted by atomic mass is 32.3. The summed E-state index contributed by atoms with van der Waals surface area (Å²) in [7, 11) is -4.46. The third-order valence-corrected chi connectivity index (χ3v) is 11.0. The van der Waals surface area contributed by atoms with Gasteiger partial charge in [-0.3, -0.25) is 9.35 Å². The maximum atomic E-state index is 12.0. The summed E-state index contributed by atoms with van der Waals surface area (Å²) in [4.78, 5) is 12.0. The van der Waals surface area contributed by atoms with Gasteiger partial charge in [0.25, 0.3) is 0 Å². The molecule has 7 heteroatoms. The van der Waals surface area contributed by atoms with Crippen LogP contribution < -0.4 is 0 Å². The molecule has 4 aliphatic carbocycles. The van der Waals surface area contributed by atoms with Crippen LogP contribution in [0.4, 0.5) is 0 Å². The molecule has 1 heterocycles. The second-order valence-electron chi connectivity index (χ2n) is 11.7. The monoisotopic (exact) mass is 426 g/mol. The molecule has 0 bridgehead atoms. The van der Waals surface area contributed by atoms with E-state index in [1.165, 1.54) is 12.8 Å². The van der Waals surface area contributed by atoms with E-state index in [2.05, 4.69) is 27.7 Å². The Bertz CT molecular complexity index is 867. The maximum Gasteiger partial charge on any atom is 0.397 e. The summed E-state index contributed by atoms with van der Waals surface area (Å²) >= 11 is 0. The first-order chi connectivity index (χ1) is 13.3. The lowest BCUT2D eigenvalue weighted by Crippen LogP contribution is -2.57. The van der Waals surface area contributed by atoms with Crippen LogP contribution in [0.3, 0.4) is 0 Å². The molecule has 4 saturated carbocycles. The Morgan fingerprint density at radius 1 is 1.00 bits per heavy atom. The van der Waals surface area contributed by atoms with Crippen molar-refractivity contribution in [2.24, 2.45) is 33.5 Å². The smallest absolute Gasteiger partial charge is 0.397 e. The standard InChI is InChI=1S/C22H34O6S/c1-18(2)14-5-11-21-13-22(21,20(4)10-8-17(23)27-20)12-6-15(21)19(14,3)9-7-16(18)28-29(24,25)26/h14-16H,5-13H2,1-4H3,(H,24,25,26). The fourth-order valence-corrected chi connectivity index (χ4v) is 9.97. The van der Waals surface area contributed by atoms with Gasteiger partial charge in [-0.25, -0.2) is 4.18 Å². The van der Waals surface area contributed by atoms with Crippen molar-refractivity contribution in [1.82, 2.24) is 0 Å². The Morgan fingerprint density at radius 2 is 1.69 bits per heavy atom. The van der Waals surface area contributed by atoms with Crippen molar-refractivity contribution in [3.63, 3.8) is 0 Å². The van der Waals surface area contributed by atoms with E-state index in [0.717, 1.165) is 32.1 Å². The minimum atomic E-state index is -4.46. The zero-order valence-corrected chi connectivity index (χ0v) is 18.8. The minimum Gasteiger partial charge on any atom is -0.459 e. The highest BCUT2D eigenvalue weighted by Gasteiger charge is 2.84. The van der Waals surface area contributed by atoms with E-state index in [-0.39, 0.29) is 33.2 Å². The molecule has 0 aromatic heterocycles. The van der Waals surface area contributed by atoms with E-state index in [1.807, 2.05) is 0 Å². The molecule has 1 aliphatic heterocycles. The number of cyclic esters (lactones) is 1. The predicted octanol–water partition coefficient (Wildman–Crippen LogP) is 4.29. The van der Waals surface area contributed by atoms with Crippen molar-refractivity contribution >= 4 is 16.4 Å². The Hall–Kier alpha value is -0.660. The molecule has 7 atom stereocenters. The van der Waals surface area contributed by atoms with E-state index in [4.69, 9.17) is 8.92 Å². The molecule has 6 nitrogen and oxygen atoms in total. The molecule has 1 N–H and O–H groups in total. The lowest BCUT2D eigenvalue weighted by molar-refractivity contribution is -0.161. The number of hydrogen-bond acceptors (Lipinski definition) is 5. The average molecular weight is 427 g/mol. The number of rotatable bonds is 3. The molecular formula is C22H34O6S. The van der Waals surface area contributed by atoms with Crippen molar-refractivity contribution in [1.29, 1.82) is 0 Å². The van der Waals surface area contributed by atoms with Crippen molar-refractivity contribution < 1.29 is 26.7 Å². The zero-order valence-electron chi connectivity index (χ0n) is 18.0. The van der Waals surface area contributed by atoms with Crippen LogP contribution in [0.25, 0.3) is 0 Å². The molecule has 0 aromatic carbocycles. The van der Waals surface area contributed by atoms with Crippen molar-refractivity contribution in [2.75, 3.05) is 0 Å². The van der Waals surface area contributed by atoms with Gasteiger partial charge >= 0.3 is 16.4 Å². The fraction of sp³-hybridized carbons (Fsp3) is 0.955. The van der Waals surface area contributed by atoms with Crippen LogP contribution in [0, 0.1) is 33.5 Å². The van der Waals surface area contributed by atoms with Gasteiger partial charge in [0.1, 0.15) is 5.60 Å². The van der Waals surface area contributed by atoms with E-state index in [9.17, 15) is 17.8 Å². The number of ether oxygens (including phenoxy) is 1. The van der Waals surface area contributed by atoms with E-state index in [0.29, 0.717) is 24.7 Å². The topological polar surface area (TPSA) is 89.9 Å². The lowest BCUT2D eigenvalue weighted by Gasteiger charge is -2.61. The molecule has 0 radical (unpaired) electrons. The van der Waals surface area contributed by atoms with Crippen molar-refractivity contribution in [2.45, 2.75) is 97.2 Å². The first-order valence-corrected chi connectivity index (χ1v) is 12.5. The van der Waals surface area contributed by atoms with Crippen LogP contribution in [0.5, 0.6) is 0 Å². The summed E-state index contributed by atoms with van der Waals surface area (Å²) in [5.41, 5.74) is -0.115. The normalized spacial score (nSPS) is 53.0. The summed E-state index contributed by atoms with van der Waals surface area (Å²) in [6, 6.07) is 0. The third kappa shape index (κ3) is 2.41. The van der Waals surface area contributed by atoms with Gasteiger partial charge in [-0.05, 0) is 86.4 Å². The first kappa shape index (κ1) is 20.3. The second kappa shape index (κ2) is 5.57. The summed E-state index contributed by atoms with van der Waals surface area (Å²) in [6.07, 6.45) is 8.09. The van der Waals surface area contributed by atoms with Gasteiger partial charge in [-0.2, -0.15) is 8.42 Å². The highest BCUT2D eigenvalue weighted by molar-refractivity contribution is 7.80. The number of hydrogen-bond donors (Lipinski definition) is 1. The Morgan fingerprint density at radius 3 is 2.31 bits per heavy atom. The second-order valence-corrected chi connectivity index (χ2v) is 12.7. The molecule has 0 aromatic rings. The molecule has 5 fully saturated rings. The number of fused-ring (bicyclic) bond motifs is 2. The molecule has 1 spiro atoms. The summed E-state index contributed by atoms with van der Waals surface area (Å²) in [5, 5.41) is 0. The third-order valence-electron chi connectivity index (χ3n) is 10.5. The van der Waals surface area contributed by atoms with Crippen LogP contribution >= 0.6 is 0 Å². The number of carbonyl (C=O) groups is 1. The first-order valence-electron chi connectivity index (χ1n) is 11.2. The molecule has 164 valence electrons. The molecule has 5 aliphatic rings. The van der Waals surface area contributed by atoms with E-state index < -0.39 is 16.5 Å². The highest BCUT2D eigenvalue weighted by Crippen LogP contribution is 2.88. The molecular weight excluding hydrogens is 392 g/mol. The molecule has 7 unspecified atom stereocenters. The Balaban J connectivity index is 1.46. The fourth-order valence-electron chi connectivity index (χ4n) is 9.33. The maximum absolute atomic E-state index is 12.0. The summed E-state index contributed by atoms with van der Waals surface area (Å²) < 4.78 is 43.2. The largest absolute Gasteiger partial charge is 0.459 e. The number of esters is 1. The SMILES string of the molecule is CC1(C)C(OS(=O)(=O)O)CCC2(C)C1CCC13CC1(C1(C)CCC(=O)O1)CCC23. The van der Waals surface area contributed by atoms with Gasteiger partial charge in [0.15, 0.2) is 0 Å². The van der Waals surface area contributed by atoms with Gasteiger partial charge in [-0.15, -0.1) is 0 Å². The number of carbonyl (C=O) groups excluding carboxylic acids is 1. The van der Waals surface area contributed by atoms with Gasteiger partial charge in [-0.1, -0.05) is 20.8 Å². The van der Waals surface area contributed by atoms with Crippen LogP contribution in [-0.2, 0) is 24.1 Å². The van der Waals surface area contributed by atoms with Crippen molar-refractivity contribution in [3.8, 4) is 0 Å². The van der Waals surface area contributed by atoms with Crippen LogP contribution in [0.1, 0.15) is 85.5 Å². The summed E-state index contributed by atoms with van der Waals surface area (Å²) in [5.74, 6) is 0.883. The average Bonchev–Trinajstić information content (AvgIpc) is 2.89. The molecule has 5 rings (SSSR count). The van der Waals surface area contributed by atoms with Gasteiger partial charge in [0, 0.05) is 11.8 Å². The molecule has 29 heavy (non-hydrogen) atoms. The van der Waals surface area contributed by atoms with Gasteiger partial charge < -0.3 is 4.74 Å². The Labute approximate surface area is 174 Å². The summed E-state index contributed by atoms with van der Waals surface area (Å²) in [6.45, 7) is 8.80. The molecule has 0 amide bonds. The van der Waals surface area contributed by atoms with Crippen LogP contribution in [0.2, 0.25) is 0 Å². The quantitative estimate of drug-likeness (QED) is 0.535. The van der Waals surface area contributed by atoms with Crippen LogP contribution in [-0.4, -0.2) is 30.6 Å². The lowest BCUT2D eigenvalue weighted by atomic mass is 9.45. The van der Waals surface area contributed by atoms with Gasteiger partial charge in [0.05, 0.1) is 6.10 Å².